The third-order valence-corrected chi connectivity index (χ3v) is 2.70. The van der Waals surface area contributed by atoms with Crippen LogP contribution >= 0.6 is 0 Å². The Morgan fingerprint density at radius 2 is 2.05 bits per heavy atom. The number of nitrogens with one attached hydrogen (secondary N) is 1. The van der Waals surface area contributed by atoms with Crippen molar-refractivity contribution in [1.29, 1.82) is 0 Å². The van der Waals surface area contributed by atoms with Crippen LogP contribution in [0.2, 0.25) is 0 Å². The molecule has 0 radical (unpaired) electrons. The van der Waals surface area contributed by atoms with Crippen molar-refractivity contribution < 1.29 is 0 Å². The number of aromatic nitrogens is 3. The van der Waals surface area contributed by atoms with E-state index in [0.717, 1.165) is 6.54 Å². The fraction of sp³-hybridized carbons (Fsp3) is 0.308. The predicted molar refractivity (Wildman–Crippen MR) is 73.4 cm³/mol. The van der Waals surface area contributed by atoms with Crippen LogP contribution in [-0.2, 0) is 13.1 Å². The van der Waals surface area contributed by atoms with Gasteiger partial charge in [0.25, 0.3) is 11.1 Å². The highest BCUT2D eigenvalue weighted by molar-refractivity contribution is 5.38. The standard InChI is InChI=1S/C13H16N4O2/c1-2-14-11-9-13(19)17(15-10-11)8-7-16-6-4-3-5-12(16)18/h3-6,9-10,14H,2,7-8H2,1H3. The molecule has 0 spiro atoms. The second-order valence-corrected chi connectivity index (χ2v) is 4.07. The Kier molecular flexibility index (Phi) is 4.12. The fourth-order valence-electron chi connectivity index (χ4n) is 1.75. The molecule has 0 aliphatic heterocycles. The second-order valence-electron chi connectivity index (χ2n) is 4.07. The van der Waals surface area contributed by atoms with Gasteiger partial charge in [-0.15, -0.1) is 0 Å². The number of aryl methyl sites for hydroxylation is 2. The van der Waals surface area contributed by atoms with E-state index in [1.54, 1.807) is 29.1 Å². The van der Waals surface area contributed by atoms with Crippen LogP contribution in [0.25, 0.3) is 0 Å². The maximum Gasteiger partial charge on any atom is 0.268 e. The minimum atomic E-state index is -0.178. The quantitative estimate of drug-likeness (QED) is 0.851. The van der Waals surface area contributed by atoms with Crippen LogP contribution in [0.3, 0.4) is 0 Å². The Morgan fingerprint density at radius 3 is 2.74 bits per heavy atom. The van der Waals surface area contributed by atoms with Gasteiger partial charge in [0.2, 0.25) is 0 Å². The van der Waals surface area contributed by atoms with Crippen molar-refractivity contribution in [2.75, 3.05) is 11.9 Å². The Bertz CT molecular complexity index is 660. The number of hydrogen-bond acceptors (Lipinski definition) is 4. The van der Waals surface area contributed by atoms with Gasteiger partial charge in [-0.2, -0.15) is 5.10 Å². The summed E-state index contributed by atoms with van der Waals surface area (Å²) in [5.74, 6) is 0. The normalized spacial score (nSPS) is 10.4. The molecule has 0 saturated carbocycles. The molecule has 6 nitrogen and oxygen atoms in total. The first-order valence-corrected chi connectivity index (χ1v) is 6.17. The molecule has 0 fully saturated rings. The fourth-order valence-corrected chi connectivity index (χ4v) is 1.75. The minimum absolute atomic E-state index is 0.0835. The topological polar surface area (TPSA) is 68.9 Å². The van der Waals surface area contributed by atoms with E-state index in [0.29, 0.717) is 18.8 Å². The van der Waals surface area contributed by atoms with Crippen molar-refractivity contribution in [2.45, 2.75) is 20.0 Å². The zero-order valence-corrected chi connectivity index (χ0v) is 10.7. The van der Waals surface area contributed by atoms with Crippen LogP contribution in [0.1, 0.15) is 6.92 Å². The van der Waals surface area contributed by atoms with E-state index in [4.69, 9.17) is 0 Å². The zero-order valence-electron chi connectivity index (χ0n) is 10.7. The Labute approximate surface area is 110 Å². The van der Waals surface area contributed by atoms with E-state index in [1.807, 2.05) is 6.92 Å². The van der Waals surface area contributed by atoms with Crippen molar-refractivity contribution in [3.63, 3.8) is 0 Å². The predicted octanol–water partition coefficient (Wildman–Crippen LogP) is 0.537. The van der Waals surface area contributed by atoms with Gasteiger partial charge in [-0.25, -0.2) is 4.68 Å². The number of rotatable bonds is 5. The molecule has 0 amide bonds. The average Bonchev–Trinajstić information content (AvgIpc) is 2.40. The Hall–Kier alpha value is -2.37. The molecule has 19 heavy (non-hydrogen) atoms. The molecule has 100 valence electrons. The summed E-state index contributed by atoms with van der Waals surface area (Å²) in [5.41, 5.74) is 0.447. The highest BCUT2D eigenvalue weighted by Crippen LogP contribution is 1.98. The molecular weight excluding hydrogens is 244 g/mol. The zero-order chi connectivity index (χ0) is 13.7. The molecule has 2 aromatic rings. The van der Waals surface area contributed by atoms with Gasteiger partial charge in [0.15, 0.2) is 0 Å². The molecule has 0 saturated heterocycles. The smallest absolute Gasteiger partial charge is 0.268 e. The van der Waals surface area contributed by atoms with Crippen LogP contribution in [0.4, 0.5) is 5.69 Å². The summed E-state index contributed by atoms with van der Waals surface area (Å²) >= 11 is 0. The third kappa shape index (κ3) is 3.31. The van der Waals surface area contributed by atoms with Crippen LogP contribution in [-0.4, -0.2) is 20.9 Å². The molecule has 6 heteroatoms. The van der Waals surface area contributed by atoms with Gasteiger partial charge in [0, 0.05) is 31.4 Å². The summed E-state index contributed by atoms with van der Waals surface area (Å²) in [4.78, 5) is 23.3. The molecule has 0 atom stereocenters. The maximum absolute atomic E-state index is 11.8. The van der Waals surface area contributed by atoms with Gasteiger partial charge < -0.3 is 9.88 Å². The highest BCUT2D eigenvalue weighted by Gasteiger charge is 2.00. The molecule has 2 heterocycles. The summed E-state index contributed by atoms with van der Waals surface area (Å²) in [6.45, 7) is 3.49. The van der Waals surface area contributed by atoms with E-state index in [1.165, 1.54) is 16.8 Å². The van der Waals surface area contributed by atoms with Crippen LogP contribution in [0.5, 0.6) is 0 Å². The number of anilines is 1. The maximum atomic E-state index is 11.8. The summed E-state index contributed by atoms with van der Waals surface area (Å²) in [7, 11) is 0. The molecule has 0 bridgehead atoms. The van der Waals surface area contributed by atoms with Gasteiger partial charge in [-0.1, -0.05) is 6.07 Å². The minimum Gasteiger partial charge on any atom is -0.384 e. The summed E-state index contributed by atoms with van der Waals surface area (Å²) < 4.78 is 2.90. The van der Waals surface area contributed by atoms with Gasteiger partial charge in [-0.3, -0.25) is 9.59 Å². The molecule has 0 aliphatic carbocycles. The first-order valence-electron chi connectivity index (χ1n) is 6.17. The van der Waals surface area contributed by atoms with E-state index in [-0.39, 0.29) is 11.1 Å². The van der Waals surface area contributed by atoms with E-state index in [9.17, 15) is 9.59 Å². The molecule has 2 aromatic heterocycles. The Morgan fingerprint density at radius 1 is 1.21 bits per heavy atom. The number of pyridine rings is 1. The first-order chi connectivity index (χ1) is 9.20. The van der Waals surface area contributed by atoms with Crippen molar-refractivity contribution in [3.05, 3.63) is 57.4 Å². The number of nitrogens with zero attached hydrogens (tertiary/aromatic N) is 3. The molecule has 0 aromatic carbocycles. The molecule has 1 N–H and O–H groups in total. The van der Waals surface area contributed by atoms with Gasteiger partial charge in [0.1, 0.15) is 0 Å². The monoisotopic (exact) mass is 260 g/mol. The van der Waals surface area contributed by atoms with Gasteiger partial charge in [-0.05, 0) is 13.0 Å². The van der Waals surface area contributed by atoms with Crippen LogP contribution in [0, 0.1) is 0 Å². The second kappa shape index (κ2) is 5.99. The third-order valence-electron chi connectivity index (χ3n) is 2.70. The first kappa shape index (κ1) is 13.1. The lowest BCUT2D eigenvalue weighted by Gasteiger charge is -2.08. The summed E-state index contributed by atoms with van der Waals surface area (Å²) in [6, 6.07) is 6.47. The van der Waals surface area contributed by atoms with Crippen molar-refractivity contribution in [1.82, 2.24) is 14.3 Å². The molecular formula is C13H16N4O2. The van der Waals surface area contributed by atoms with Gasteiger partial charge in [0.05, 0.1) is 18.4 Å². The van der Waals surface area contributed by atoms with Crippen LogP contribution in [0.15, 0.2) is 46.2 Å². The van der Waals surface area contributed by atoms with E-state index >= 15 is 0 Å². The highest BCUT2D eigenvalue weighted by atomic mass is 16.1. The summed E-state index contributed by atoms with van der Waals surface area (Å²) in [6.07, 6.45) is 3.30. The van der Waals surface area contributed by atoms with E-state index < -0.39 is 0 Å². The summed E-state index contributed by atoms with van der Waals surface area (Å²) in [5, 5.41) is 7.10. The molecule has 0 unspecified atom stereocenters. The average molecular weight is 260 g/mol. The Balaban J connectivity index is 2.10. The van der Waals surface area contributed by atoms with Crippen molar-refractivity contribution in [3.8, 4) is 0 Å². The van der Waals surface area contributed by atoms with Crippen molar-refractivity contribution in [2.24, 2.45) is 0 Å². The van der Waals surface area contributed by atoms with Crippen LogP contribution < -0.4 is 16.4 Å². The largest absolute Gasteiger partial charge is 0.384 e. The lowest BCUT2D eigenvalue weighted by atomic mass is 10.4. The van der Waals surface area contributed by atoms with Gasteiger partial charge >= 0.3 is 0 Å². The number of hydrogen-bond donors (Lipinski definition) is 1. The molecule has 0 aliphatic rings. The van der Waals surface area contributed by atoms with E-state index in [2.05, 4.69) is 10.4 Å². The molecule has 2 rings (SSSR count). The lowest BCUT2D eigenvalue weighted by Crippen LogP contribution is -2.27. The van der Waals surface area contributed by atoms with Crippen molar-refractivity contribution >= 4 is 5.69 Å². The lowest BCUT2D eigenvalue weighted by molar-refractivity contribution is 0.503. The SMILES string of the molecule is CCNc1cnn(CCn2ccccc2=O)c(=O)c1.